The van der Waals surface area contributed by atoms with E-state index in [2.05, 4.69) is 9.68 Å². The Kier molecular flexibility index (Phi) is 11.7. The molecular formula is C19H18NNa2O8PS. The molecule has 0 saturated carbocycles. The molecule has 0 bridgehead atoms. The van der Waals surface area contributed by atoms with Crippen LogP contribution in [0.1, 0.15) is 0 Å². The van der Waals surface area contributed by atoms with Crippen LogP contribution in [-0.2, 0) is 4.57 Å². The van der Waals surface area contributed by atoms with E-state index in [1.165, 1.54) is 45.4 Å². The number of methoxy groups -OCH3 is 3. The number of aromatic nitrogens is 1. The fourth-order valence-electron chi connectivity index (χ4n) is 2.90. The summed E-state index contributed by atoms with van der Waals surface area (Å²) in [5.74, 6) is 1.23. The van der Waals surface area contributed by atoms with Gasteiger partial charge in [-0.1, -0.05) is 11.2 Å². The molecule has 0 atom stereocenters. The van der Waals surface area contributed by atoms with E-state index >= 15 is 0 Å². The van der Waals surface area contributed by atoms with Gasteiger partial charge in [-0.2, -0.15) is 0 Å². The number of phosphoric ester groups is 1. The Morgan fingerprint density at radius 2 is 1.53 bits per heavy atom. The molecular weight excluding hydrogens is 479 g/mol. The van der Waals surface area contributed by atoms with Gasteiger partial charge in [0.25, 0.3) is 0 Å². The molecule has 0 fully saturated rings. The van der Waals surface area contributed by atoms with Crippen LogP contribution in [-0.4, -0.2) is 32.7 Å². The number of benzene rings is 2. The molecule has 1 heterocycles. The molecule has 1 aromatic heterocycles. The molecule has 0 saturated heterocycles. The predicted octanol–water partition coefficient (Wildman–Crippen LogP) is -3.03. The predicted molar refractivity (Wildman–Crippen MR) is 107 cm³/mol. The monoisotopic (exact) mass is 497 g/mol. The van der Waals surface area contributed by atoms with Crippen molar-refractivity contribution in [1.82, 2.24) is 5.16 Å². The Morgan fingerprint density at radius 1 is 0.938 bits per heavy atom. The van der Waals surface area contributed by atoms with E-state index in [1.54, 1.807) is 30.5 Å². The summed E-state index contributed by atoms with van der Waals surface area (Å²) in [5, 5.41) is 4.06. The molecule has 0 N–H and O–H groups in total. The third-order valence-electron chi connectivity index (χ3n) is 4.19. The van der Waals surface area contributed by atoms with E-state index in [4.69, 9.17) is 18.7 Å². The normalized spacial score (nSPS) is 10.6. The van der Waals surface area contributed by atoms with Crippen LogP contribution in [0.3, 0.4) is 0 Å². The number of thioether (sulfide) groups is 1. The maximum absolute atomic E-state index is 11.1. The van der Waals surface area contributed by atoms with Crippen molar-refractivity contribution >= 4 is 19.6 Å². The van der Waals surface area contributed by atoms with Crippen LogP contribution < -0.4 is 87.6 Å². The summed E-state index contributed by atoms with van der Waals surface area (Å²) < 4.78 is 37.0. The van der Waals surface area contributed by atoms with E-state index in [0.717, 1.165) is 0 Å². The van der Waals surface area contributed by atoms with E-state index in [9.17, 15) is 14.4 Å². The Labute approximate surface area is 234 Å². The first-order valence-corrected chi connectivity index (χ1v) is 11.1. The molecule has 0 spiro atoms. The largest absolute Gasteiger partial charge is 1.00 e. The molecule has 0 aliphatic heterocycles. The van der Waals surface area contributed by atoms with Crippen molar-refractivity contribution in [2.75, 3.05) is 27.6 Å². The first kappa shape index (κ1) is 29.4. The molecule has 0 radical (unpaired) electrons. The average Bonchev–Trinajstić information content (AvgIpc) is 3.21. The van der Waals surface area contributed by atoms with Crippen molar-refractivity contribution < 1.29 is 96.7 Å². The van der Waals surface area contributed by atoms with Gasteiger partial charge in [-0.15, -0.1) is 11.8 Å². The standard InChI is InChI=1S/C19H20NO8PS.2Na/c1-24-15-8-12(9-16(25-2)19(15)26-3)18-13(10-27-20-18)11-5-6-17(30-4)14(7-11)28-29(21,22)23;;/h5-10H,1-4H3,(H2,21,22,23);;/q;2*+1/p-2. The Hall–Kier alpha value is -0.650. The number of ether oxygens (including phenoxy) is 3. The van der Waals surface area contributed by atoms with E-state index < -0.39 is 7.82 Å². The van der Waals surface area contributed by atoms with Crippen LogP contribution >= 0.6 is 19.6 Å². The van der Waals surface area contributed by atoms with Gasteiger partial charge < -0.3 is 37.6 Å². The maximum atomic E-state index is 11.1. The molecule has 3 rings (SSSR count). The van der Waals surface area contributed by atoms with Crippen LogP contribution in [0.4, 0.5) is 0 Å². The van der Waals surface area contributed by atoms with E-state index in [1.807, 2.05) is 0 Å². The molecule has 0 unspecified atom stereocenters. The van der Waals surface area contributed by atoms with Crippen molar-refractivity contribution in [2.24, 2.45) is 0 Å². The summed E-state index contributed by atoms with van der Waals surface area (Å²) in [6.07, 6.45) is 3.15. The summed E-state index contributed by atoms with van der Waals surface area (Å²) in [6.45, 7) is 0. The Bertz CT molecular complexity index is 1080. The second-order valence-electron chi connectivity index (χ2n) is 5.89. The second kappa shape index (κ2) is 12.7. The SMILES string of the molecule is COc1cc(-c2nocc2-c2ccc(SC)c(OP(=O)([O-])[O-])c2)cc(OC)c1OC.[Na+].[Na+]. The van der Waals surface area contributed by atoms with Crippen LogP contribution in [0.25, 0.3) is 22.4 Å². The Balaban J connectivity index is 0.00000256. The molecule has 32 heavy (non-hydrogen) atoms. The van der Waals surface area contributed by atoms with Crippen molar-refractivity contribution in [3.63, 3.8) is 0 Å². The second-order valence-corrected chi connectivity index (χ2v) is 7.82. The molecule has 9 nitrogen and oxygen atoms in total. The van der Waals surface area contributed by atoms with Gasteiger partial charge in [-0.25, -0.2) is 0 Å². The third kappa shape index (κ3) is 6.70. The zero-order chi connectivity index (χ0) is 21.9. The van der Waals surface area contributed by atoms with Crippen LogP contribution in [0.2, 0.25) is 0 Å². The molecule has 3 aromatic rings. The summed E-state index contributed by atoms with van der Waals surface area (Å²) in [7, 11) is -0.724. The first-order chi connectivity index (χ1) is 14.3. The summed E-state index contributed by atoms with van der Waals surface area (Å²) >= 11 is 1.25. The molecule has 0 aliphatic rings. The van der Waals surface area contributed by atoms with Gasteiger partial charge in [0.2, 0.25) is 5.75 Å². The minimum atomic E-state index is -5.22. The smallest absolute Gasteiger partial charge is 0.780 e. The quantitative estimate of drug-likeness (QED) is 0.180. The number of hydrogen-bond acceptors (Lipinski definition) is 10. The number of rotatable bonds is 8. The molecule has 13 heteroatoms. The summed E-state index contributed by atoms with van der Waals surface area (Å²) in [4.78, 5) is 22.8. The molecule has 0 amide bonds. The van der Waals surface area contributed by atoms with Gasteiger partial charge in [0.05, 0.1) is 21.3 Å². The van der Waals surface area contributed by atoms with Gasteiger partial charge >= 0.3 is 59.1 Å². The topological polar surface area (TPSA) is 126 Å². The summed E-state index contributed by atoms with van der Waals surface area (Å²) in [5.41, 5.74) is 2.15. The van der Waals surface area contributed by atoms with Crippen LogP contribution in [0, 0.1) is 0 Å². The van der Waals surface area contributed by atoms with Gasteiger partial charge in [0.15, 0.2) is 11.5 Å². The van der Waals surface area contributed by atoms with E-state index in [-0.39, 0.29) is 64.9 Å². The molecule has 2 aromatic carbocycles. The van der Waals surface area contributed by atoms with E-state index in [0.29, 0.717) is 44.5 Å². The third-order valence-corrected chi connectivity index (χ3v) is 5.39. The first-order valence-electron chi connectivity index (χ1n) is 8.46. The minimum Gasteiger partial charge on any atom is -0.780 e. The molecule has 0 aliphatic carbocycles. The number of phosphoric acid groups is 1. The van der Waals surface area contributed by atoms with Gasteiger partial charge in [0.1, 0.15) is 25.5 Å². The zero-order valence-corrected chi connectivity index (χ0v) is 24.2. The van der Waals surface area contributed by atoms with Crippen LogP contribution in [0.5, 0.6) is 23.0 Å². The fraction of sp³-hybridized carbons (Fsp3) is 0.211. The van der Waals surface area contributed by atoms with Crippen LogP contribution in [0.15, 0.2) is 46.0 Å². The van der Waals surface area contributed by atoms with Crippen molar-refractivity contribution in [3.05, 3.63) is 36.6 Å². The van der Waals surface area contributed by atoms with Gasteiger partial charge in [-0.05, 0) is 36.1 Å². The van der Waals surface area contributed by atoms with Crippen molar-refractivity contribution in [2.45, 2.75) is 4.90 Å². The Morgan fingerprint density at radius 3 is 2.03 bits per heavy atom. The minimum absolute atomic E-state index is 0. The summed E-state index contributed by atoms with van der Waals surface area (Å²) in [6, 6.07) is 8.26. The average molecular weight is 497 g/mol. The number of nitrogens with zero attached hydrogens (tertiary/aromatic N) is 1. The molecule has 160 valence electrons. The number of hydrogen-bond donors (Lipinski definition) is 0. The fourth-order valence-corrected chi connectivity index (χ4v) is 3.86. The van der Waals surface area contributed by atoms with Gasteiger partial charge in [0, 0.05) is 16.0 Å². The van der Waals surface area contributed by atoms with Crippen molar-refractivity contribution in [3.8, 4) is 45.4 Å². The zero-order valence-electron chi connectivity index (χ0n) is 18.5. The van der Waals surface area contributed by atoms with Crippen molar-refractivity contribution in [1.29, 1.82) is 0 Å². The maximum Gasteiger partial charge on any atom is 1.00 e. The van der Waals surface area contributed by atoms with Gasteiger partial charge in [-0.3, -0.25) is 0 Å².